The smallest absolute Gasteiger partial charge is 0.333 e. The molecule has 0 atom stereocenters. The first-order valence-corrected chi connectivity index (χ1v) is 4.87. The second-order valence-electron chi connectivity index (χ2n) is 4.29. The van der Waals surface area contributed by atoms with Crippen LogP contribution in [-0.2, 0) is 19.1 Å². The van der Waals surface area contributed by atoms with Gasteiger partial charge in [0.15, 0.2) is 0 Å². The van der Waals surface area contributed by atoms with E-state index in [1.165, 1.54) is 0 Å². The highest BCUT2D eigenvalue weighted by Crippen LogP contribution is 2.13. The minimum absolute atomic E-state index is 0.0162. The molecule has 0 aromatic rings. The molecule has 0 aliphatic rings. The van der Waals surface area contributed by atoms with Crippen molar-refractivity contribution >= 4 is 11.9 Å². The minimum Gasteiger partial charge on any atom is -0.458 e. The molecule has 0 spiro atoms. The van der Waals surface area contributed by atoms with E-state index < -0.39 is 17.5 Å². The number of ether oxygens (including phenoxy) is 2. The van der Waals surface area contributed by atoms with Crippen molar-refractivity contribution in [2.75, 3.05) is 6.61 Å². The summed E-state index contributed by atoms with van der Waals surface area (Å²) < 4.78 is 9.99. The number of hydrogen-bond donors (Lipinski definition) is 0. The van der Waals surface area contributed by atoms with Gasteiger partial charge in [0.05, 0.1) is 0 Å². The first-order valence-electron chi connectivity index (χ1n) is 4.87. The van der Waals surface area contributed by atoms with Crippen LogP contribution in [0.25, 0.3) is 0 Å². The quantitative estimate of drug-likeness (QED) is 0.531. The third-order valence-electron chi connectivity index (χ3n) is 1.62. The summed E-state index contributed by atoms with van der Waals surface area (Å²) in [5, 5.41) is 0. The molecular weight excluding hydrogens is 208 g/mol. The first kappa shape index (κ1) is 14.4. The van der Waals surface area contributed by atoms with Gasteiger partial charge in [-0.15, -0.1) is 0 Å². The maximum Gasteiger partial charge on any atom is 0.333 e. The average Bonchev–Trinajstić information content (AvgIpc) is 2.13. The van der Waals surface area contributed by atoms with Crippen LogP contribution >= 0.6 is 0 Å². The zero-order chi connectivity index (χ0) is 12.9. The molecule has 4 nitrogen and oxygen atoms in total. The molecule has 0 aliphatic heterocycles. The molecule has 90 valence electrons. The summed E-state index contributed by atoms with van der Waals surface area (Å²) in [6.07, 6.45) is 0. The van der Waals surface area contributed by atoms with Crippen LogP contribution in [0.5, 0.6) is 0 Å². The summed E-state index contributed by atoms with van der Waals surface area (Å²) in [5.41, 5.74) is -0.262. The third kappa shape index (κ3) is 5.34. The van der Waals surface area contributed by atoms with Gasteiger partial charge in [-0.1, -0.05) is 13.2 Å². The van der Waals surface area contributed by atoms with Crippen molar-refractivity contribution in [2.24, 2.45) is 0 Å². The lowest BCUT2D eigenvalue weighted by atomic mass is 10.1. The van der Waals surface area contributed by atoms with Crippen molar-refractivity contribution in [3.8, 4) is 0 Å². The van der Waals surface area contributed by atoms with Gasteiger partial charge in [-0.2, -0.15) is 0 Å². The van der Waals surface area contributed by atoms with Crippen molar-refractivity contribution in [2.45, 2.75) is 33.3 Å². The van der Waals surface area contributed by atoms with E-state index in [1.807, 2.05) is 0 Å². The predicted octanol–water partition coefficient (Wildman–Crippen LogP) is 2.00. The van der Waals surface area contributed by atoms with Crippen molar-refractivity contribution in [3.63, 3.8) is 0 Å². The minimum atomic E-state index is -0.874. The van der Waals surface area contributed by atoms with Crippen LogP contribution in [0.15, 0.2) is 24.3 Å². The van der Waals surface area contributed by atoms with E-state index in [4.69, 9.17) is 9.47 Å². The normalized spacial score (nSPS) is 10.5. The van der Waals surface area contributed by atoms with Crippen LogP contribution in [0, 0.1) is 0 Å². The Balaban J connectivity index is 4.25. The zero-order valence-corrected chi connectivity index (χ0v) is 10.3. The molecule has 0 saturated heterocycles. The maximum atomic E-state index is 11.3. The van der Waals surface area contributed by atoms with Crippen LogP contribution in [-0.4, -0.2) is 24.1 Å². The van der Waals surface area contributed by atoms with Gasteiger partial charge < -0.3 is 9.47 Å². The van der Waals surface area contributed by atoms with Gasteiger partial charge in [0.1, 0.15) is 12.2 Å². The lowest BCUT2D eigenvalue weighted by molar-refractivity contribution is -0.163. The molecule has 0 fully saturated rings. The molecule has 0 amide bonds. The zero-order valence-electron chi connectivity index (χ0n) is 10.3. The van der Waals surface area contributed by atoms with E-state index in [9.17, 15) is 9.59 Å². The Bertz CT molecular complexity index is 326. The van der Waals surface area contributed by atoms with Gasteiger partial charge in [0, 0.05) is 11.1 Å². The van der Waals surface area contributed by atoms with Crippen LogP contribution in [0.3, 0.4) is 0 Å². The summed E-state index contributed by atoms with van der Waals surface area (Å²) >= 11 is 0. The second-order valence-corrected chi connectivity index (χ2v) is 4.29. The molecule has 0 aromatic heterocycles. The van der Waals surface area contributed by atoms with Crippen LogP contribution < -0.4 is 0 Å². The van der Waals surface area contributed by atoms with Gasteiger partial charge >= 0.3 is 11.9 Å². The molecule has 0 heterocycles. The molecule has 0 unspecified atom stereocenters. The first-order chi connectivity index (χ1) is 7.15. The topological polar surface area (TPSA) is 52.6 Å². The lowest BCUT2D eigenvalue weighted by Gasteiger charge is -2.24. The Morgan fingerprint density at radius 2 is 1.50 bits per heavy atom. The van der Waals surface area contributed by atoms with Crippen molar-refractivity contribution in [3.05, 3.63) is 24.3 Å². The Morgan fingerprint density at radius 1 is 1.06 bits per heavy atom. The third-order valence-corrected chi connectivity index (χ3v) is 1.62. The van der Waals surface area contributed by atoms with Crippen molar-refractivity contribution in [1.82, 2.24) is 0 Å². The maximum absolute atomic E-state index is 11.3. The van der Waals surface area contributed by atoms with E-state index in [2.05, 4.69) is 13.2 Å². The summed E-state index contributed by atoms with van der Waals surface area (Å²) in [7, 11) is 0. The van der Waals surface area contributed by atoms with E-state index in [0.29, 0.717) is 11.1 Å². The molecular formula is C12H18O4. The Morgan fingerprint density at radius 3 is 1.88 bits per heavy atom. The molecule has 0 N–H and O–H groups in total. The Kier molecular flexibility index (Phi) is 4.95. The Hall–Kier alpha value is -1.58. The van der Waals surface area contributed by atoms with Crippen LogP contribution in [0.1, 0.15) is 27.7 Å². The van der Waals surface area contributed by atoms with Crippen molar-refractivity contribution < 1.29 is 19.1 Å². The predicted molar refractivity (Wildman–Crippen MR) is 60.8 cm³/mol. The fourth-order valence-corrected chi connectivity index (χ4v) is 0.730. The second kappa shape index (κ2) is 5.49. The summed E-state index contributed by atoms with van der Waals surface area (Å²) in [4.78, 5) is 22.4. The highest BCUT2D eigenvalue weighted by molar-refractivity contribution is 5.88. The summed E-state index contributed by atoms with van der Waals surface area (Å²) in [6.45, 7) is 13.3. The number of carbonyl (C=O) groups is 2. The molecule has 0 aliphatic carbocycles. The van der Waals surface area contributed by atoms with Gasteiger partial charge in [0.25, 0.3) is 0 Å². The highest BCUT2D eigenvalue weighted by Gasteiger charge is 2.25. The van der Waals surface area contributed by atoms with E-state index in [1.54, 1.807) is 27.7 Å². The lowest BCUT2D eigenvalue weighted by Crippen LogP contribution is -2.34. The highest BCUT2D eigenvalue weighted by atomic mass is 16.6. The molecule has 0 radical (unpaired) electrons. The van der Waals surface area contributed by atoms with Crippen LogP contribution in [0.2, 0.25) is 0 Å². The number of esters is 2. The summed E-state index contributed by atoms with van der Waals surface area (Å²) in [6, 6.07) is 0. The standard InChI is InChI=1S/C12H18O4/c1-8(2)10(13)15-7-12(5,6)16-11(14)9(3)4/h1,3,7H2,2,4-6H3. The Labute approximate surface area is 95.9 Å². The van der Waals surface area contributed by atoms with Gasteiger partial charge in [0.2, 0.25) is 0 Å². The fourth-order valence-electron chi connectivity index (χ4n) is 0.730. The van der Waals surface area contributed by atoms with E-state index >= 15 is 0 Å². The van der Waals surface area contributed by atoms with E-state index in [0.717, 1.165) is 0 Å². The molecule has 0 rings (SSSR count). The monoisotopic (exact) mass is 226 g/mol. The molecule has 4 heteroatoms. The van der Waals surface area contributed by atoms with Gasteiger partial charge in [-0.25, -0.2) is 9.59 Å². The fraction of sp³-hybridized carbons (Fsp3) is 0.500. The number of carbonyl (C=O) groups excluding carboxylic acids is 2. The summed E-state index contributed by atoms with van der Waals surface area (Å²) in [5.74, 6) is -1.00. The average molecular weight is 226 g/mol. The number of rotatable bonds is 5. The molecule has 0 bridgehead atoms. The molecule has 0 saturated carbocycles. The van der Waals surface area contributed by atoms with Gasteiger partial charge in [-0.05, 0) is 27.7 Å². The largest absolute Gasteiger partial charge is 0.458 e. The van der Waals surface area contributed by atoms with E-state index in [-0.39, 0.29) is 6.61 Å². The van der Waals surface area contributed by atoms with Crippen molar-refractivity contribution in [1.29, 1.82) is 0 Å². The number of hydrogen-bond acceptors (Lipinski definition) is 4. The molecule has 0 aromatic carbocycles. The van der Waals surface area contributed by atoms with Crippen LogP contribution in [0.4, 0.5) is 0 Å². The molecule has 16 heavy (non-hydrogen) atoms. The SMILES string of the molecule is C=C(C)C(=O)OCC(C)(C)OC(=O)C(=C)C. The van der Waals surface area contributed by atoms with Gasteiger partial charge in [-0.3, -0.25) is 0 Å².